The van der Waals surface area contributed by atoms with Gasteiger partial charge in [0.05, 0.1) is 13.2 Å². The van der Waals surface area contributed by atoms with Gasteiger partial charge in [0.1, 0.15) is 12.2 Å². The van der Waals surface area contributed by atoms with Crippen molar-refractivity contribution in [2.45, 2.75) is 311 Å². The van der Waals surface area contributed by atoms with Crippen molar-refractivity contribution in [3.63, 3.8) is 0 Å². The highest BCUT2D eigenvalue weighted by molar-refractivity contribution is 5.99. The number of carboxylic acids is 1. The fraction of sp³-hybridized carbons (Fsp3) is 0.841. The van der Waals surface area contributed by atoms with Gasteiger partial charge in [0.25, 0.3) is 0 Å². The van der Waals surface area contributed by atoms with Crippen molar-refractivity contribution in [2.24, 2.45) is 88.6 Å². The summed E-state index contributed by atoms with van der Waals surface area (Å²) in [4.78, 5) is 158. The third-order valence-electron chi connectivity index (χ3n) is 15.4. The molecule has 107 heavy (non-hydrogen) atoms. The molecule has 25 heteroatoms. The van der Waals surface area contributed by atoms with Gasteiger partial charge in [-0.05, 0) is 150 Å². The molecule has 5 amide bonds. The van der Waals surface area contributed by atoms with Crippen molar-refractivity contribution in [2.75, 3.05) is 45.9 Å². The van der Waals surface area contributed by atoms with Crippen molar-refractivity contribution >= 4 is 76.4 Å². The Hall–Kier alpha value is -6.05. The summed E-state index contributed by atoms with van der Waals surface area (Å²) in [6.45, 7) is 26.9. The maximum Gasteiger partial charge on any atom is 0.338 e. The zero-order valence-corrected chi connectivity index (χ0v) is 67.0. The summed E-state index contributed by atoms with van der Waals surface area (Å²) < 4.78 is 228. The van der Waals surface area contributed by atoms with E-state index in [1.165, 1.54) is 13.8 Å². The van der Waals surface area contributed by atoms with Crippen molar-refractivity contribution in [1.29, 1.82) is 0 Å². The molecule has 4 aliphatic heterocycles. The summed E-state index contributed by atoms with van der Waals surface area (Å²) in [7, 11) is 0. The molecule has 4 rings (SSSR count). The van der Waals surface area contributed by atoms with Gasteiger partial charge in [0, 0.05) is 122 Å². The SMILES string of the molecule is [2H]C([2H])(C(C)C)[C@H](CC(=O)[C@H]1O[C@@H]1C(=O)OCC)C(=O)NCCC(C)C.[2H]C([2H])(C(C)C)[C@H](CC(=O)[C@H]1O[C@@H]1C(C)=O)C(=O)NCCC(C)C.[2H]C([2H])([2H])C([2H])(C)C([2H])([2H])[C@@]([2H])(CC(=O)[C@H]1O[C@@H]1C(=O)O)C(=O)NCCC(C)C.[2H]C([2H])([2H])C([2H])(C)C([2H])([2H])[C@@]([2H])(CC(=O)[C@H]1O[C@@H]1C(=O)OCC)C(=O)NCCC(C)C.[2H]C([2H])([2H])C([2H])(C)C([2H])([2H])[C@@]([2H])(CC)C(=O)NCCC(C)C. The van der Waals surface area contributed by atoms with E-state index in [4.69, 9.17) is 67.8 Å². The summed E-state index contributed by atoms with van der Waals surface area (Å²) >= 11 is 0. The number of ketones is 5. The number of amides is 5. The molecule has 0 radical (unpaired) electrons. The monoisotopic (exact) mass is 1550 g/mol. The molecule has 3 unspecified atom stereocenters. The highest BCUT2D eigenvalue weighted by atomic mass is 16.7. The lowest BCUT2D eigenvalue weighted by Crippen LogP contribution is -2.35. The number of nitrogens with one attached hydrogen (secondary N) is 5. The van der Waals surface area contributed by atoms with Crippen LogP contribution < -0.4 is 26.6 Å². The predicted octanol–water partition coefficient (Wildman–Crippen LogP) is 11.2. The van der Waals surface area contributed by atoms with Crippen LogP contribution in [0.1, 0.15) is 296 Å². The standard InChI is InChI=1S/2C18H31NO5.C17H29NO4.C16H27NO5.C13H27NO/c2*1-6-23-18(22)16-15(24-16)14(20)10-13(9-12(4)5)17(21)19-8-7-11(2)3;1-10(2)6-7-18-17(21)13(8-11(3)4)9-14(20)16-15(22-16)12(5)19;1-9(2)5-6-17-15(19)11(7-10(3)4)8-12(18)13-14(22-13)16(20)21;1-6-12(9-11(4)5)13(15)14-8-7-10(2)3/h2*11-13,15-16H,6-10H2,1-5H3,(H,19,21);10-11,13,15-16H,6-9H2,1-5H3,(H,18,21);9-11,13-14H,5-8H2,1-4H3,(H,17,19)(H,20,21);10-12H,6-9H2,1-5H3,(H,14,15)/t13-,15+,16-;13-,15-,16+;13-,15-,16-;11-,13+,14-;12-/m01101/s1/i4D3,9D2,12D,13D;9D2;8D2;3D3,7D2,10D,11D;4D3,9D2,11D,12D/t12?,13-,15+,16-;2m;10?,11-,13+,14-;11?,12-. The second-order valence-electron chi connectivity index (χ2n) is 29.0. The lowest BCUT2D eigenvalue weighted by molar-refractivity contribution is -0.145. The Morgan fingerprint density at radius 3 is 0.879 bits per heavy atom. The van der Waals surface area contributed by atoms with Gasteiger partial charge >= 0.3 is 17.9 Å². The number of carbonyl (C=O) groups is 13. The van der Waals surface area contributed by atoms with Crippen molar-refractivity contribution in [3.05, 3.63) is 0 Å². The maximum atomic E-state index is 12.9. The number of aliphatic carboxylic acids is 1. The second kappa shape index (κ2) is 53.7. The normalized spacial score (nSPS) is 27.1. The van der Waals surface area contributed by atoms with Gasteiger partial charge in [-0.25, -0.2) is 14.4 Å². The number of rotatable bonds is 49. The zero-order valence-electron chi connectivity index (χ0n) is 92.0. The van der Waals surface area contributed by atoms with Crippen LogP contribution >= 0.6 is 0 Å². The van der Waals surface area contributed by atoms with E-state index < -0.39 is 238 Å². The minimum Gasteiger partial charge on any atom is -0.479 e. The van der Waals surface area contributed by atoms with Crippen LogP contribution in [0.15, 0.2) is 0 Å². The van der Waals surface area contributed by atoms with E-state index >= 15 is 0 Å². The summed E-state index contributed by atoms with van der Waals surface area (Å²) in [5, 5.41) is 21.6. The van der Waals surface area contributed by atoms with Gasteiger partial charge in [0.2, 0.25) is 29.5 Å². The minimum absolute atomic E-state index is 0.0541. The second-order valence-corrected chi connectivity index (χ2v) is 29.0. The van der Waals surface area contributed by atoms with E-state index in [-0.39, 0.29) is 75.5 Å². The third kappa shape index (κ3) is 46.3. The molecular formula is C82H145N5O20. The van der Waals surface area contributed by atoms with E-state index in [9.17, 15) is 62.3 Å². The first-order valence-electron chi connectivity index (χ1n) is 49.7. The van der Waals surface area contributed by atoms with Crippen molar-refractivity contribution in [1.82, 2.24) is 26.6 Å². The quantitative estimate of drug-likeness (QED) is 0.0243. The molecule has 0 saturated carbocycles. The van der Waals surface area contributed by atoms with Crippen LogP contribution in [-0.4, -0.2) is 176 Å². The topological polar surface area (TPSA) is 371 Å². The lowest BCUT2D eigenvalue weighted by Gasteiger charge is -2.18. The highest BCUT2D eigenvalue weighted by Crippen LogP contribution is 2.32. The maximum absolute atomic E-state index is 12.9. The van der Waals surface area contributed by atoms with Gasteiger partial charge in [-0.3, -0.25) is 47.9 Å². The van der Waals surface area contributed by atoms with Gasteiger partial charge in [0.15, 0.2) is 65.5 Å². The fourth-order valence-electron chi connectivity index (χ4n) is 9.48. The molecule has 618 valence electrons. The number of esters is 2. The molecule has 4 aliphatic rings. The molecule has 0 bridgehead atoms. The number of epoxide rings is 4. The lowest BCUT2D eigenvalue weighted by atomic mass is 9.90. The van der Waals surface area contributed by atoms with Gasteiger partial charge < -0.3 is 60.1 Å². The van der Waals surface area contributed by atoms with E-state index in [0.29, 0.717) is 50.1 Å². The zero-order chi connectivity index (χ0) is 104. The van der Waals surface area contributed by atoms with Crippen LogP contribution in [0.25, 0.3) is 0 Å². The minimum atomic E-state index is -3.30. The molecule has 4 fully saturated rings. The number of hydrogen-bond acceptors (Lipinski definition) is 19. The fourth-order valence-corrected chi connectivity index (χ4v) is 9.48. The first kappa shape index (κ1) is 64.6. The molecule has 0 aliphatic carbocycles. The number of Topliss-reactive ketones (excluding diaryl/α,β-unsaturated/α-hetero) is 5. The van der Waals surface area contributed by atoms with Gasteiger partial charge in [-0.15, -0.1) is 0 Å². The highest BCUT2D eigenvalue weighted by Gasteiger charge is 2.54. The van der Waals surface area contributed by atoms with Crippen LogP contribution in [0, 0.1) is 88.6 Å². The van der Waals surface area contributed by atoms with Crippen molar-refractivity contribution < 1.29 is 130 Å². The first-order valence-corrected chi connectivity index (χ1v) is 37.2. The van der Waals surface area contributed by atoms with Gasteiger partial charge in [-0.1, -0.05) is 145 Å². The van der Waals surface area contributed by atoms with Crippen LogP contribution in [0.3, 0.4) is 0 Å². The Morgan fingerprint density at radius 2 is 0.626 bits per heavy atom. The molecule has 4 saturated heterocycles. The van der Waals surface area contributed by atoms with E-state index in [1.807, 2.05) is 69.2 Å². The van der Waals surface area contributed by atoms with Crippen LogP contribution in [0.2, 0.25) is 0 Å². The molecular weight excluding hydrogens is 1370 g/mol. The molecule has 4 heterocycles. The summed E-state index contributed by atoms with van der Waals surface area (Å²) in [6, 6.07) is 0. The summed E-state index contributed by atoms with van der Waals surface area (Å²) in [5.41, 5.74) is 0. The number of carbonyl (C=O) groups excluding carboxylic acids is 12. The molecule has 25 nitrogen and oxygen atoms in total. The average molecular weight is 1550 g/mol. The molecule has 0 aromatic carbocycles. The van der Waals surface area contributed by atoms with E-state index in [0.717, 1.165) is 33.6 Å². The first-order chi connectivity index (χ1) is 59.5. The number of carboxylic acid groups (broad SMARTS) is 1. The predicted molar refractivity (Wildman–Crippen MR) is 412 cm³/mol. The van der Waals surface area contributed by atoms with Crippen LogP contribution in [-0.2, 0) is 90.8 Å². The Bertz CT molecular complexity index is 3880. The Labute approximate surface area is 677 Å². The number of ether oxygens (including phenoxy) is 6. The molecule has 0 aromatic rings. The smallest absolute Gasteiger partial charge is 0.338 e. The van der Waals surface area contributed by atoms with E-state index in [1.54, 1.807) is 41.5 Å². The summed E-state index contributed by atoms with van der Waals surface area (Å²) in [5.74, 6) is -28.3. The van der Waals surface area contributed by atoms with E-state index in [2.05, 4.69) is 26.6 Å². The van der Waals surface area contributed by atoms with Crippen LogP contribution in [0.5, 0.6) is 0 Å². The molecule has 6 N–H and O–H groups in total. The Kier molecular flexibility index (Phi) is 32.4. The number of hydrogen-bond donors (Lipinski definition) is 6. The third-order valence-corrected chi connectivity index (χ3v) is 15.4. The van der Waals surface area contributed by atoms with Crippen molar-refractivity contribution in [3.8, 4) is 0 Å². The van der Waals surface area contributed by atoms with Gasteiger partial charge in [-0.2, -0.15) is 0 Å². The van der Waals surface area contributed by atoms with Crippen LogP contribution in [0.4, 0.5) is 0 Å². The molecule has 0 spiro atoms. The molecule has 16 atom stereocenters. The molecule has 0 aromatic heterocycles. The Morgan fingerprint density at radius 1 is 0.364 bits per heavy atom. The Balaban J connectivity index is 0.00000163. The largest absolute Gasteiger partial charge is 0.479 e. The average Bonchev–Trinajstić information content (AvgIpc) is 1.17. The summed E-state index contributed by atoms with van der Waals surface area (Å²) in [6.07, 6.45) is -21.7.